The van der Waals surface area contributed by atoms with Crippen molar-refractivity contribution in [3.63, 3.8) is 0 Å². The highest BCUT2D eigenvalue weighted by molar-refractivity contribution is 14.2. The standard InChI is InChI=1S/C14H14F2INO2S/c1-14(2,3)20-13(19)18-8-9-6-11(15)10(4-5-21-17)12(16)7-9/h6-7H,8H2,1-3H3,(H,18,19). The Balaban J connectivity index is 2.76. The molecule has 114 valence electrons. The molecule has 1 aromatic carbocycles. The van der Waals surface area contributed by atoms with Crippen molar-refractivity contribution in [3.05, 3.63) is 34.9 Å². The minimum absolute atomic E-state index is 0.0303. The molecule has 0 aliphatic carbocycles. The number of halogens is 3. The van der Waals surface area contributed by atoms with Gasteiger partial charge in [-0.3, -0.25) is 0 Å². The van der Waals surface area contributed by atoms with Crippen LogP contribution >= 0.6 is 30.1 Å². The molecular formula is C14H14F2INO2S. The number of rotatable bonds is 2. The van der Waals surface area contributed by atoms with E-state index in [0.717, 1.165) is 21.1 Å². The zero-order valence-electron chi connectivity index (χ0n) is 11.7. The average Bonchev–Trinajstić information content (AvgIpc) is 2.33. The molecule has 0 fully saturated rings. The maximum Gasteiger partial charge on any atom is 0.407 e. The van der Waals surface area contributed by atoms with Gasteiger partial charge in [0.1, 0.15) is 17.2 Å². The van der Waals surface area contributed by atoms with Gasteiger partial charge in [0.05, 0.1) is 5.56 Å². The van der Waals surface area contributed by atoms with Gasteiger partial charge in [0.2, 0.25) is 0 Å². The maximum atomic E-state index is 13.7. The lowest BCUT2D eigenvalue weighted by Gasteiger charge is -2.19. The Morgan fingerprint density at radius 2 is 1.95 bits per heavy atom. The van der Waals surface area contributed by atoms with Gasteiger partial charge in [-0.05, 0) is 58.6 Å². The topological polar surface area (TPSA) is 38.3 Å². The number of hydrogen-bond acceptors (Lipinski definition) is 3. The van der Waals surface area contributed by atoms with Crippen LogP contribution in [-0.2, 0) is 11.3 Å². The number of alkyl carbamates (subject to hydrolysis) is 1. The predicted octanol–water partition coefficient (Wildman–Crippen LogP) is 4.38. The number of benzene rings is 1. The van der Waals surface area contributed by atoms with E-state index in [1.807, 2.05) is 21.2 Å². The fraction of sp³-hybridized carbons (Fsp3) is 0.357. The van der Waals surface area contributed by atoms with E-state index in [0.29, 0.717) is 5.56 Å². The summed E-state index contributed by atoms with van der Waals surface area (Å²) in [5.74, 6) is 0.886. The Kier molecular flexibility index (Phi) is 6.74. The molecule has 0 saturated carbocycles. The van der Waals surface area contributed by atoms with Crippen molar-refractivity contribution in [1.29, 1.82) is 0 Å². The van der Waals surface area contributed by atoms with Crippen molar-refractivity contribution in [2.45, 2.75) is 32.9 Å². The lowest BCUT2D eigenvalue weighted by molar-refractivity contribution is 0.0523. The van der Waals surface area contributed by atoms with Crippen LogP contribution < -0.4 is 5.32 Å². The summed E-state index contributed by atoms with van der Waals surface area (Å²) in [6, 6.07) is 2.28. The normalized spacial score (nSPS) is 10.6. The zero-order chi connectivity index (χ0) is 16.0. The summed E-state index contributed by atoms with van der Waals surface area (Å²) < 4.78 is 32.5. The third-order valence-electron chi connectivity index (χ3n) is 2.15. The highest BCUT2D eigenvalue weighted by Gasteiger charge is 2.16. The third kappa shape index (κ3) is 6.52. The van der Waals surface area contributed by atoms with E-state index in [-0.39, 0.29) is 12.1 Å². The van der Waals surface area contributed by atoms with Gasteiger partial charge < -0.3 is 10.1 Å². The van der Waals surface area contributed by atoms with Crippen LogP contribution in [0, 0.1) is 22.8 Å². The van der Waals surface area contributed by atoms with Crippen LogP contribution in [0.1, 0.15) is 31.9 Å². The van der Waals surface area contributed by atoms with Gasteiger partial charge >= 0.3 is 6.09 Å². The van der Waals surface area contributed by atoms with Crippen LogP contribution in [0.2, 0.25) is 0 Å². The Hall–Kier alpha value is -1.01. The fourth-order valence-corrected chi connectivity index (χ4v) is 1.88. The van der Waals surface area contributed by atoms with E-state index >= 15 is 0 Å². The molecule has 0 bridgehead atoms. The highest BCUT2D eigenvalue weighted by atomic mass is 127. The molecule has 7 heteroatoms. The molecule has 0 aliphatic heterocycles. The van der Waals surface area contributed by atoms with Crippen LogP contribution in [0.15, 0.2) is 12.1 Å². The Morgan fingerprint density at radius 3 is 2.43 bits per heavy atom. The second kappa shape index (κ2) is 7.84. The van der Waals surface area contributed by atoms with Gasteiger partial charge in [0.25, 0.3) is 0 Å². The first kappa shape index (κ1) is 18.0. The Bertz CT molecular complexity index is 568. The van der Waals surface area contributed by atoms with Crippen molar-refractivity contribution in [2.24, 2.45) is 0 Å². The van der Waals surface area contributed by atoms with Crippen molar-refractivity contribution < 1.29 is 18.3 Å². The molecule has 0 atom stereocenters. The van der Waals surface area contributed by atoms with E-state index in [4.69, 9.17) is 4.74 Å². The summed E-state index contributed by atoms with van der Waals surface area (Å²) in [6.07, 6.45) is -0.645. The molecule has 0 saturated heterocycles. The molecule has 1 rings (SSSR count). The third-order valence-corrected chi connectivity index (χ3v) is 2.99. The summed E-state index contributed by atoms with van der Waals surface area (Å²) in [7, 11) is 1.14. The molecule has 1 N–H and O–H groups in total. The van der Waals surface area contributed by atoms with E-state index in [9.17, 15) is 13.6 Å². The zero-order valence-corrected chi connectivity index (χ0v) is 14.7. The van der Waals surface area contributed by atoms with Crippen molar-refractivity contribution in [3.8, 4) is 11.2 Å². The molecular weight excluding hydrogens is 411 g/mol. The van der Waals surface area contributed by atoms with Gasteiger partial charge in [0.15, 0.2) is 0 Å². The summed E-state index contributed by atoms with van der Waals surface area (Å²) in [5, 5.41) is 4.96. The van der Waals surface area contributed by atoms with Gasteiger partial charge in [-0.2, -0.15) is 0 Å². The summed E-state index contributed by atoms with van der Waals surface area (Å²) in [4.78, 5) is 11.5. The van der Waals surface area contributed by atoms with E-state index in [1.54, 1.807) is 20.8 Å². The van der Waals surface area contributed by atoms with Gasteiger partial charge in [-0.15, -0.1) is 0 Å². The summed E-state index contributed by atoms with van der Waals surface area (Å²) >= 11 is 1.91. The average molecular weight is 425 g/mol. The van der Waals surface area contributed by atoms with Gasteiger partial charge in [0, 0.05) is 27.8 Å². The van der Waals surface area contributed by atoms with E-state index in [2.05, 4.69) is 16.5 Å². The minimum atomic E-state index is -0.756. The van der Waals surface area contributed by atoms with Crippen LogP contribution in [0.3, 0.4) is 0 Å². The molecule has 3 nitrogen and oxygen atoms in total. The number of nitrogens with one attached hydrogen (secondary N) is 1. The van der Waals surface area contributed by atoms with E-state index in [1.165, 1.54) is 0 Å². The number of carbonyl (C=O) groups is 1. The second-order valence-electron chi connectivity index (χ2n) is 5.09. The Morgan fingerprint density at radius 1 is 1.38 bits per heavy atom. The summed E-state index contributed by atoms with van der Waals surface area (Å²) in [6.45, 7) is 5.15. The molecule has 1 amide bonds. The van der Waals surface area contributed by atoms with Crippen molar-refractivity contribution in [2.75, 3.05) is 0 Å². The highest BCUT2D eigenvalue weighted by Crippen LogP contribution is 2.16. The van der Waals surface area contributed by atoms with Crippen LogP contribution in [-0.4, -0.2) is 11.7 Å². The molecule has 0 aliphatic rings. The lowest BCUT2D eigenvalue weighted by atomic mass is 10.1. The van der Waals surface area contributed by atoms with Gasteiger partial charge in [-0.1, -0.05) is 0 Å². The SMILES string of the molecule is CC(C)(C)OC(=O)NCc1cc(F)c(C#CSI)c(F)c1. The predicted molar refractivity (Wildman–Crippen MR) is 87.9 cm³/mol. The second-order valence-corrected chi connectivity index (χ2v) is 6.77. The number of hydrogen-bond donors (Lipinski definition) is 1. The van der Waals surface area contributed by atoms with E-state index < -0.39 is 23.3 Å². The number of ether oxygens (including phenoxy) is 1. The van der Waals surface area contributed by atoms with Crippen molar-refractivity contribution >= 4 is 36.2 Å². The minimum Gasteiger partial charge on any atom is -0.444 e. The summed E-state index contributed by atoms with van der Waals surface area (Å²) in [5.41, 5.74) is -0.611. The first-order valence-electron chi connectivity index (χ1n) is 5.96. The lowest BCUT2D eigenvalue weighted by Crippen LogP contribution is -2.32. The first-order valence-corrected chi connectivity index (χ1v) is 9.32. The monoisotopic (exact) mass is 425 g/mol. The molecule has 0 aromatic heterocycles. The van der Waals surface area contributed by atoms with Crippen LogP contribution in [0.25, 0.3) is 0 Å². The largest absolute Gasteiger partial charge is 0.444 e. The molecule has 21 heavy (non-hydrogen) atoms. The molecule has 0 spiro atoms. The smallest absolute Gasteiger partial charge is 0.407 e. The molecule has 0 radical (unpaired) electrons. The molecule has 1 aromatic rings. The van der Waals surface area contributed by atoms with Crippen LogP contribution in [0.4, 0.5) is 13.6 Å². The van der Waals surface area contributed by atoms with Crippen LogP contribution in [0.5, 0.6) is 0 Å². The quantitative estimate of drug-likeness (QED) is 0.565. The molecule has 0 heterocycles. The maximum absolute atomic E-state index is 13.7. The fourth-order valence-electron chi connectivity index (χ4n) is 1.41. The molecule has 0 unspecified atom stereocenters. The number of carbonyl (C=O) groups excluding carboxylic acids is 1. The van der Waals surface area contributed by atoms with Crippen molar-refractivity contribution in [1.82, 2.24) is 5.32 Å². The Labute approximate surface area is 138 Å². The first-order chi connectivity index (χ1) is 9.73. The number of amides is 1. The van der Waals surface area contributed by atoms with Gasteiger partial charge in [-0.25, -0.2) is 13.6 Å².